The molecule has 0 saturated heterocycles. The van der Waals surface area contributed by atoms with E-state index < -0.39 is 21.2 Å². The molecule has 1 heterocycles. The fourth-order valence-corrected chi connectivity index (χ4v) is 14.7. The Morgan fingerprint density at radius 2 is 0.838 bits per heavy atom. The van der Waals surface area contributed by atoms with Crippen molar-refractivity contribution in [3.63, 3.8) is 0 Å². The second kappa shape index (κ2) is 11.0. The Balaban J connectivity index is 1.69. The molecule has 0 N–H and O–H groups in total. The van der Waals surface area contributed by atoms with Gasteiger partial charge in [-0.3, -0.25) is 0 Å². The molecule has 1 aliphatic heterocycles. The first-order valence-electron chi connectivity index (χ1n) is 11.1. The van der Waals surface area contributed by atoms with E-state index in [0.29, 0.717) is 23.0 Å². The molecule has 5 rings (SSSR count). The second-order valence-corrected chi connectivity index (χ2v) is 16.2. The molecule has 0 bridgehead atoms. The summed E-state index contributed by atoms with van der Waals surface area (Å²) >= 11 is 14.1. The number of halogens is 2. The third-order valence-corrected chi connectivity index (χ3v) is 14.8. The summed E-state index contributed by atoms with van der Waals surface area (Å²) < 4.78 is 39.1. The SMILES string of the molecule is Cc1ccc(OP2(Cl)=NP(Cl)(Oc3ccccc3)=NP(Oc3ccccc3)(Oc3ccccc3)=N2)cc1. The van der Waals surface area contributed by atoms with Crippen LogP contribution < -0.4 is 18.1 Å². The van der Waals surface area contributed by atoms with Crippen LogP contribution in [0, 0.1) is 6.92 Å². The van der Waals surface area contributed by atoms with Gasteiger partial charge in [0, 0.05) is 0 Å². The molecular formula is C25H22Cl2N3O4P3. The summed E-state index contributed by atoms with van der Waals surface area (Å²) in [4.78, 5) is 0. The number of para-hydroxylation sites is 3. The number of aryl methyl sites for hydroxylation is 1. The standard InChI is InChI=1S/C25H22Cl2N3O4P3/c1-21-17-19-25(20-18-21)32-36(27)28-35(26,31-22-11-5-2-6-12-22)29-37(30-36,33-23-13-7-3-8-14-23)34-24-15-9-4-10-16-24/h2-20H,1H3. The maximum absolute atomic E-state index is 7.04. The third kappa shape index (κ3) is 6.82. The number of hydrogen-bond acceptors (Lipinski definition) is 7. The van der Waals surface area contributed by atoms with Crippen molar-refractivity contribution in [2.45, 2.75) is 6.92 Å². The number of hydrogen-bond donors (Lipinski definition) is 0. The molecule has 0 saturated carbocycles. The first-order chi connectivity index (χ1) is 17.8. The topological polar surface area (TPSA) is 74.0 Å². The number of benzene rings is 4. The molecule has 0 fully saturated rings. The van der Waals surface area contributed by atoms with E-state index in [9.17, 15) is 0 Å². The maximum Gasteiger partial charge on any atom is 0.457 e. The van der Waals surface area contributed by atoms with Crippen molar-refractivity contribution in [3.8, 4) is 23.0 Å². The van der Waals surface area contributed by atoms with E-state index in [1.54, 1.807) is 48.5 Å². The molecule has 7 nitrogen and oxygen atoms in total. The Kier molecular flexibility index (Phi) is 7.72. The van der Waals surface area contributed by atoms with Crippen LogP contribution in [0.1, 0.15) is 5.56 Å². The van der Waals surface area contributed by atoms with E-state index in [4.69, 9.17) is 49.6 Å². The lowest BCUT2D eigenvalue weighted by atomic mass is 10.2. The Labute approximate surface area is 225 Å². The minimum absolute atomic E-state index is 0.469. The first-order valence-corrected chi connectivity index (χ1v) is 17.7. The van der Waals surface area contributed by atoms with Crippen molar-refractivity contribution in [2.24, 2.45) is 13.5 Å². The van der Waals surface area contributed by atoms with Gasteiger partial charge in [-0.05, 0) is 77.9 Å². The quantitative estimate of drug-likeness (QED) is 0.191. The van der Waals surface area contributed by atoms with Crippen molar-refractivity contribution in [1.29, 1.82) is 0 Å². The van der Waals surface area contributed by atoms with Crippen LogP contribution in [0.3, 0.4) is 0 Å². The molecule has 190 valence electrons. The molecule has 0 amide bonds. The third-order valence-electron chi connectivity index (χ3n) is 4.81. The van der Waals surface area contributed by atoms with E-state index in [2.05, 4.69) is 4.52 Å². The molecule has 0 radical (unpaired) electrons. The summed E-state index contributed by atoms with van der Waals surface area (Å²) in [6.45, 7) is -5.09. The van der Waals surface area contributed by atoms with Gasteiger partial charge < -0.3 is 18.1 Å². The van der Waals surface area contributed by atoms with Crippen LogP contribution in [0.4, 0.5) is 0 Å². The van der Waals surface area contributed by atoms with E-state index in [1.165, 1.54) is 0 Å². The van der Waals surface area contributed by atoms with E-state index >= 15 is 0 Å². The van der Waals surface area contributed by atoms with Gasteiger partial charge in [0.1, 0.15) is 23.0 Å². The molecule has 0 spiro atoms. The van der Waals surface area contributed by atoms with Gasteiger partial charge in [-0.2, -0.15) is 0 Å². The van der Waals surface area contributed by atoms with Gasteiger partial charge in [-0.1, -0.05) is 72.3 Å². The lowest BCUT2D eigenvalue weighted by Crippen LogP contribution is -2.03. The lowest BCUT2D eigenvalue weighted by Gasteiger charge is -2.29. The van der Waals surface area contributed by atoms with Crippen LogP contribution in [-0.4, -0.2) is 0 Å². The average molecular weight is 592 g/mol. The largest absolute Gasteiger partial charge is 0.457 e. The molecule has 37 heavy (non-hydrogen) atoms. The molecular weight excluding hydrogens is 570 g/mol. The Morgan fingerprint density at radius 3 is 1.30 bits per heavy atom. The highest BCUT2D eigenvalue weighted by molar-refractivity contribution is 8.00. The summed E-state index contributed by atoms with van der Waals surface area (Å²) in [5.74, 6) is 1.89. The van der Waals surface area contributed by atoms with E-state index in [-0.39, 0.29) is 0 Å². The predicted molar refractivity (Wildman–Crippen MR) is 153 cm³/mol. The molecule has 4 aromatic carbocycles. The zero-order valence-corrected chi connectivity index (χ0v) is 23.7. The van der Waals surface area contributed by atoms with Crippen molar-refractivity contribution in [3.05, 3.63) is 121 Å². The monoisotopic (exact) mass is 591 g/mol. The highest BCUT2D eigenvalue weighted by Crippen LogP contribution is 2.81. The van der Waals surface area contributed by atoms with Crippen LogP contribution in [0.5, 0.6) is 23.0 Å². The smallest absolute Gasteiger partial charge is 0.431 e. The van der Waals surface area contributed by atoms with Crippen molar-refractivity contribution >= 4 is 43.7 Å². The van der Waals surface area contributed by atoms with Gasteiger partial charge in [0.25, 0.3) is 0 Å². The van der Waals surface area contributed by atoms with Gasteiger partial charge in [0.05, 0.1) is 0 Å². The second-order valence-electron chi connectivity index (χ2n) is 7.82. The Hall–Kier alpha value is -2.65. The highest BCUT2D eigenvalue weighted by atomic mass is 35.7. The lowest BCUT2D eigenvalue weighted by molar-refractivity contribution is 0.476. The van der Waals surface area contributed by atoms with Gasteiger partial charge >= 0.3 is 21.2 Å². The van der Waals surface area contributed by atoms with Gasteiger partial charge in [0.15, 0.2) is 0 Å². The van der Waals surface area contributed by atoms with Crippen LogP contribution in [-0.2, 0) is 0 Å². The Bertz CT molecular complexity index is 1490. The van der Waals surface area contributed by atoms with E-state index in [0.717, 1.165) is 5.56 Å². The summed E-state index contributed by atoms with van der Waals surface area (Å²) in [5, 5.41) is 0. The fraction of sp³-hybridized carbons (Fsp3) is 0.0400. The van der Waals surface area contributed by atoms with Gasteiger partial charge in [-0.15, -0.1) is 13.5 Å². The summed E-state index contributed by atoms with van der Waals surface area (Å²) in [6.07, 6.45) is 0. The minimum Gasteiger partial charge on any atom is -0.431 e. The fourth-order valence-electron chi connectivity index (χ4n) is 3.22. The predicted octanol–water partition coefficient (Wildman–Crippen LogP) is 10.9. The number of nitrogens with zero attached hydrogens (tertiary/aromatic N) is 3. The molecule has 2 atom stereocenters. The van der Waals surface area contributed by atoms with Crippen LogP contribution in [0.15, 0.2) is 129 Å². The molecule has 0 aromatic heterocycles. The van der Waals surface area contributed by atoms with Gasteiger partial charge in [-0.25, -0.2) is 0 Å². The van der Waals surface area contributed by atoms with Crippen LogP contribution >= 0.6 is 43.7 Å². The minimum atomic E-state index is -3.62. The van der Waals surface area contributed by atoms with Crippen molar-refractivity contribution in [2.75, 3.05) is 0 Å². The average Bonchev–Trinajstić information content (AvgIpc) is 2.86. The van der Waals surface area contributed by atoms with Crippen molar-refractivity contribution < 1.29 is 18.1 Å². The number of rotatable bonds is 8. The molecule has 4 aromatic rings. The van der Waals surface area contributed by atoms with Gasteiger partial charge in [0.2, 0.25) is 0 Å². The molecule has 12 heteroatoms. The zero-order chi connectivity index (χ0) is 25.8. The molecule has 0 aliphatic carbocycles. The zero-order valence-electron chi connectivity index (χ0n) is 19.5. The highest BCUT2D eigenvalue weighted by Gasteiger charge is 2.43. The molecule has 1 aliphatic rings. The summed E-state index contributed by atoms with van der Waals surface area (Å²) in [5.41, 5.74) is 1.06. The maximum atomic E-state index is 7.04. The van der Waals surface area contributed by atoms with Crippen LogP contribution in [0.25, 0.3) is 0 Å². The van der Waals surface area contributed by atoms with Crippen molar-refractivity contribution in [1.82, 2.24) is 0 Å². The Morgan fingerprint density at radius 1 is 0.459 bits per heavy atom. The van der Waals surface area contributed by atoms with E-state index in [1.807, 2.05) is 73.7 Å². The summed E-state index contributed by atoms with van der Waals surface area (Å²) in [6, 6.07) is 34.6. The summed E-state index contributed by atoms with van der Waals surface area (Å²) in [7, 11) is -3.62. The first kappa shape index (κ1) is 26.0. The van der Waals surface area contributed by atoms with Crippen LogP contribution in [0.2, 0.25) is 0 Å². The molecule has 2 unspecified atom stereocenters. The normalized spacial score (nSPS) is 21.9.